The van der Waals surface area contributed by atoms with E-state index in [1.54, 1.807) is 0 Å². The Morgan fingerprint density at radius 1 is 1.13 bits per heavy atom. The minimum atomic E-state index is 0.535. The third kappa shape index (κ3) is 3.37. The van der Waals surface area contributed by atoms with E-state index in [1.165, 1.54) is 32.1 Å². The summed E-state index contributed by atoms with van der Waals surface area (Å²) in [5.74, 6) is 1.20. The molecule has 0 amide bonds. The standard InChI is InChI=1S/C24H26ClN5/c1-29-15-17(12-28-29)24-23(18-9-5-6-10-20(18)25)19-13-27-22(26)11-21(19)30(24)14-16-7-3-2-4-8-16/h5-6,9-13,15-16H,2-4,7-8,14H2,1H3,(H2,26,27). The van der Waals surface area contributed by atoms with Gasteiger partial charge in [0.25, 0.3) is 0 Å². The van der Waals surface area contributed by atoms with Crippen LogP contribution in [0.4, 0.5) is 5.82 Å². The predicted molar refractivity (Wildman–Crippen MR) is 123 cm³/mol. The Morgan fingerprint density at radius 3 is 2.67 bits per heavy atom. The fourth-order valence-electron chi connectivity index (χ4n) is 4.86. The van der Waals surface area contributed by atoms with E-state index < -0.39 is 0 Å². The second kappa shape index (κ2) is 7.80. The first-order valence-electron chi connectivity index (χ1n) is 10.6. The molecule has 154 valence electrons. The van der Waals surface area contributed by atoms with Gasteiger partial charge in [0.1, 0.15) is 5.82 Å². The molecule has 3 aromatic heterocycles. The Balaban J connectivity index is 1.82. The van der Waals surface area contributed by atoms with E-state index >= 15 is 0 Å². The molecule has 6 heteroatoms. The van der Waals surface area contributed by atoms with Gasteiger partial charge in [-0.3, -0.25) is 4.68 Å². The fraction of sp³-hybridized carbons (Fsp3) is 0.333. The lowest BCUT2D eigenvalue weighted by atomic mass is 9.89. The third-order valence-corrected chi connectivity index (χ3v) is 6.59. The molecule has 1 fully saturated rings. The number of fused-ring (bicyclic) bond motifs is 1. The van der Waals surface area contributed by atoms with Crippen LogP contribution < -0.4 is 5.73 Å². The molecule has 1 saturated carbocycles. The highest BCUT2D eigenvalue weighted by molar-refractivity contribution is 6.34. The molecule has 1 aliphatic carbocycles. The van der Waals surface area contributed by atoms with Crippen molar-refractivity contribution in [1.29, 1.82) is 0 Å². The number of aromatic nitrogens is 4. The first-order chi connectivity index (χ1) is 14.6. The van der Waals surface area contributed by atoms with Crippen molar-refractivity contribution in [3.63, 3.8) is 0 Å². The summed E-state index contributed by atoms with van der Waals surface area (Å²) in [4.78, 5) is 4.42. The van der Waals surface area contributed by atoms with E-state index in [-0.39, 0.29) is 0 Å². The van der Waals surface area contributed by atoms with E-state index in [0.717, 1.165) is 44.9 Å². The lowest BCUT2D eigenvalue weighted by molar-refractivity contribution is 0.324. The van der Waals surface area contributed by atoms with Crippen molar-refractivity contribution in [1.82, 2.24) is 19.3 Å². The first kappa shape index (κ1) is 19.2. The van der Waals surface area contributed by atoms with Gasteiger partial charge >= 0.3 is 0 Å². The minimum Gasteiger partial charge on any atom is -0.384 e. The highest BCUT2D eigenvalue weighted by Gasteiger charge is 2.25. The van der Waals surface area contributed by atoms with Gasteiger partial charge in [0, 0.05) is 59.2 Å². The summed E-state index contributed by atoms with van der Waals surface area (Å²) in [6.07, 6.45) is 12.4. The van der Waals surface area contributed by atoms with E-state index in [1.807, 2.05) is 48.4 Å². The Bertz CT molecular complexity index is 1200. The molecule has 0 saturated heterocycles. The SMILES string of the molecule is Cn1cc(-c2c(-c3ccccc3Cl)c3cnc(N)cc3n2CC2CCCCC2)cn1. The number of hydrogen-bond acceptors (Lipinski definition) is 3. The molecule has 30 heavy (non-hydrogen) atoms. The smallest absolute Gasteiger partial charge is 0.125 e. The zero-order valence-electron chi connectivity index (χ0n) is 17.2. The fourth-order valence-corrected chi connectivity index (χ4v) is 5.09. The van der Waals surface area contributed by atoms with Crippen molar-refractivity contribution in [2.75, 3.05) is 5.73 Å². The quantitative estimate of drug-likeness (QED) is 0.446. The highest BCUT2D eigenvalue weighted by Crippen LogP contribution is 2.44. The first-order valence-corrected chi connectivity index (χ1v) is 11.0. The Morgan fingerprint density at radius 2 is 1.93 bits per heavy atom. The van der Waals surface area contributed by atoms with E-state index in [2.05, 4.69) is 26.9 Å². The Labute approximate surface area is 181 Å². The second-order valence-corrected chi connectivity index (χ2v) is 8.75. The maximum Gasteiger partial charge on any atom is 0.125 e. The zero-order valence-corrected chi connectivity index (χ0v) is 17.9. The molecule has 1 aliphatic rings. The number of rotatable bonds is 4. The molecule has 5 rings (SSSR count). The van der Waals surface area contributed by atoms with Crippen molar-refractivity contribution < 1.29 is 0 Å². The van der Waals surface area contributed by atoms with Crippen LogP contribution in [0, 0.1) is 5.92 Å². The van der Waals surface area contributed by atoms with E-state index in [9.17, 15) is 0 Å². The van der Waals surface area contributed by atoms with Crippen LogP contribution in [-0.2, 0) is 13.6 Å². The Kier molecular flexibility index (Phi) is 4.99. The minimum absolute atomic E-state index is 0.535. The molecule has 0 bridgehead atoms. The number of nitrogens with zero attached hydrogens (tertiary/aromatic N) is 4. The topological polar surface area (TPSA) is 61.7 Å². The van der Waals surface area contributed by atoms with Gasteiger partial charge in [-0.1, -0.05) is 49.1 Å². The number of halogens is 1. The average Bonchev–Trinajstić information content (AvgIpc) is 3.30. The van der Waals surface area contributed by atoms with Crippen molar-refractivity contribution in [2.24, 2.45) is 13.0 Å². The van der Waals surface area contributed by atoms with Gasteiger partial charge in [-0.15, -0.1) is 0 Å². The molecule has 0 unspecified atom stereocenters. The average molecular weight is 420 g/mol. The van der Waals surface area contributed by atoms with Crippen LogP contribution in [0.1, 0.15) is 32.1 Å². The van der Waals surface area contributed by atoms with Crippen molar-refractivity contribution >= 4 is 28.3 Å². The molecule has 3 heterocycles. The van der Waals surface area contributed by atoms with Gasteiger partial charge in [-0.05, 0) is 24.8 Å². The van der Waals surface area contributed by atoms with Crippen LogP contribution in [0.25, 0.3) is 33.3 Å². The van der Waals surface area contributed by atoms with Gasteiger partial charge in [-0.2, -0.15) is 5.10 Å². The molecule has 2 N–H and O–H groups in total. The number of nitrogen functional groups attached to an aromatic ring is 1. The molecule has 4 aromatic rings. The largest absolute Gasteiger partial charge is 0.384 e. The number of benzene rings is 1. The van der Waals surface area contributed by atoms with Gasteiger partial charge in [0.05, 0.1) is 17.4 Å². The monoisotopic (exact) mass is 419 g/mol. The van der Waals surface area contributed by atoms with Crippen LogP contribution in [0.2, 0.25) is 5.02 Å². The van der Waals surface area contributed by atoms with Crippen LogP contribution in [0.3, 0.4) is 0 Å². The summed E-state index contributed by atoms with van der Waals surface area (Å²) in [7, 11) is 1.95. The third-order valence-electron chi connectivity index (χ3n) is 6.26. The predicted octanol–water partition coefficient (Wildman–Crippen LogP) is 5.92. The lowest BCUT2D eigenvalue weighted by Gasteiger charge is -2.24. The van der Waals surface area contributed by atoms with Gasteiger partial charge < -0.3 is 10.3 Å². The molecule has 1 aromatic carbocycles. The number of aryl methyl sites for hydroxylation is 1. The van der Waals surface area contributed by atoms with Gasteiger partial charge in [-0.25, -0.2) is 4.98 Å². The van der Waals surface area contributed by atoms with Gasteiger partial charge in [0.2, 0.25) is 0 Å². The van der Waals surface area contributed by atoms with Gasteiger partial charge in [0.15, 0.2) is 0 Å². The van der Waals surface area contributed by atoms with Crippen molar-refractivity contribution in [3.05, 3.63) is 53.9 Å². The molecule has 0 atom stereocenters. The van der Waals surface area contributed by atoms with Crippen LogP contribution in [-0.4, -0.2) is 19.3 Å². The maximum absolute atomic E-state index is 6.68. The highest BCUT2D eigenvalue weighted by atomic mass is 35.5. The van der Waals surface area contributed by atoms with Crippen LogP contribution in [0.15, 0.2) is 48.9 Å². The number of nitrogens with two attached hydrogens (primary N) is 1. The summed E-state index contributed by atoms with van der Waals surface area (Å²) >= 11 is 6.68. The molecule has 0 aliphatic heterocycles. The summed E-state index contributed by atoms with van der Waals surface area (Å²) in [5, 5.41) is 6.26. The van der Waals surface area contributed by atoms with Crippen molar-refractivity contribution in [2.45, 2.75) is 38.6 Å². The summed E-state index contributed by atoms with van der Waals surface area (Å²) in [6, 6.07) is 10.0. The van der Waals surface area contributed by atoms with Crippen LogP contribution >= 0.6 is 11.6 Å². The second-order valence-electron chi connectivity index (χ2n) is 8.35. The normalized spacial score (nSPS) is 15.1. The molecular formula is C24H26ClN5. The Hall–Kier alpha value is -2.79. The number of pyridine rings is 1. The lowest BCUT2D eigenvalue weighted by Crippen LogP contribution is -2.15. The molecule has 5 nitrogen and oxygen atoms in total. The molecule has 0 spiro atoms. The van der Waals surface area contributed by atoms with E-state index in [4.69, 9.17) is 17.3 Å². The summed E-state index contributed by atoms with van der Waals surface area (Å²) in [6.45, 7) is 0.967. The molecule has 0 radical (unpaired) electrons. The maximum atomic E-state index is 6.68. The van der Waals surface area contributed by atoms with Crippen LogP contribution in [0.5, 0.6) is 0 Å². The summed E-state index contributed by atoms with van der Waals surface area (Å²) < 4.78 is 4.28. The summed E-state index contributed by atoms with van der Waals surface area (Å²) in [5.41, 5.74) is 11.6. The number of anilines is 1. The van der Waals surface area contributed by atoms with E-state index in [0.29, 0.717) is 11.7 Å². The number of hydrogen-bond donors (Lipinski definition) is 1. The van der Waals surface area contributed by atoms with Crippen molar-refractivity contribution in [3.8, 4) is 22.4 Å². The molecular weight excluding hydrogens is 394 g/mol. The zero-order chi connectivity index (χ0) is 20.7.